The van der Waals surface area contributed by atoms with Crippen LogP contribution in [0.1, 0.15) is 144 Å². The van der Waals surface area contributed by atoms with Crippen LogP contribution in [0.4, 0.5) is 11.4 Å². The fraction of sp³-hybridized carbons (Fsp3) is 0.439. The number of aromatic nitrogens is 1. The Kier molecular flexibility index (Phi) is 18.7. The van der Waals surface area contributed by atoms with Gasteiger partial charge in [0.25, 0.3) is 17.9 Å². The zero-order valence-corrected chi connectivity index (χ0v) is 46.4. The monoisotopic (exact) mass is 1050 g/mol. The smallest absolute Gasteiger partial charge is 0.294 e. The summed E-state index contributed by atoms with van der Waals surface area (Å²) in [7, 11) is 0. The lowest BCUT2D eigenvalue weighted by Crippen LogP contribution is -2.34. The number of benzene rings is 2. The van der Waals surface area contributed by atoms with Gasteiger partial charge in [-0.05, 0) is 141 Å². The second-order valence-corrected chi connectivity index (χ2v) is 24.2. The molecule has 2 aliphatic heterocycles. The number of para-hydroxylation sites is 1. The molecule has 0 saturated carbocycles. The first-order valence-electron chi connectivity index (χ1n) is 25.6. The lowest BCUT2D eigenvalue weighted by atomic mass is 10.0. The summed E-state index contributed by atoms with van der Waals surface area (Å²) in [4.78, 5) is 51.4. The first kappa shape index (κ1) is 52.2. The number of thiazole rings is 1. The van der Waals surface area contributed by atoms with Gasteiger partial charge in [-0.2, -0.15) is 0 Å². The summed E-state index contributed by atoms with van der Waals surface area (Å²) in [5.74, 6) is -0.227. The fourth-order valence-corrected chi connectivity index (χ4v) is 16.3. The second kappa shape index (κ2) is 25.0. The number of hydrogen-bond donors (Lipinski definition) is 0. The second-order valence-electron chi connectivity index (χ2n) is 18.4. The van der Waals surface area contributed by atoms with Crippen LogP contribution >= 0.6 is 69.3 Å². The third-order valence-corrected chi connectivity index (χ3v) is 20.1. The molecule has 6 aromatic rings. The van der Waals surface area contributed by atoms with Crippen molar-refractivity contribution in [3.8, 4) is 29.9 Å². The SMILES string of the molecule is CCCCCCc1cc(-c2sc(-c3sc(-c4ccc5c(c4)CCc4ccccc4N5CC)cc3CCCCCC)cc2CCCCCC)sc1/C=c1/s/c(=C2/SC(=S)N(CC)C2=O)n(COC=O)c1=O. The molecule has 0 N–H and O–H groups in total. The minimum Gasteiger partial charge on any atom is -0.446 e. The van der Waals surface area contributed by atoms with Gasteiger partial charge in [0, 0.05) is 53.7 Å². The average Bonchev–Trinajstić information content (AvgIpc) is 4.19. The van der Waals surface area contributed by atoms with E-state index in [9.17, 15) is 14.4 Å². The number of amides is 1. The molecule has 1 amide bonds. The van der Waals surface area contributed by atoms with Gasteiger partial charge < -0.3 is 9.64 Å². The highest BCUT2D eigenvalue weighted by Gasteiger charge is 2.33. The maximum Gasteiger partial charge on any atom is 0.294 e. The summed E-state index contributed by atoms with van der Waals surface area (Å²) in [6.07, 6.45) is 21.3. The number of fused-ring (bicyclic) bond motifs is 2. The van der Waals surface area contributed by atoms with Crippen molar-refractivity contribution in [3.05, 3.63) is 113 Å². The van der Waals surface area contributed by atoms with E-state index in [1.807, 2.05) is 35.7 Å². The number of thiocarbonyl (C=S) groups is 1. The number of unbranched alkanes of at least 4 members (excludes halogenated alkanes) is 9. The third-order valence-electron chi connectivity index (χ3n) is 13.5. The van der Waals surface area contributed by atoms with Gasteiger partial charge in [0.1, 0.15) is 13.9 Å². The first-order chi connectivity index (χ1) is 34.2. The Morgan fingerprint density at radius 1 is 0.629 bits per heavy atom. The van der Waals surface area contributed by atoms with Crippen LogP contribution in [0, 0.1) is 0 Å². The predicted molar refractivity (Wildman–Crippen MR) is 306 cm³/mol. The molecular weight excluding hydrogens is 983 g/mol. The number of rotatable bonds is 24. The van der Waals surface area contributed by atoms with Crippen molar-refractivity contribution in [2.24, 2.45) is 0 Å². The predicted octanol–water partition coefficient (Wildman–Crippen LogP) is 14.7. The minimum atomic E-state index is -0.284. The van der Waals surface area contributed by atoms with Gasteiger partial charge in [-0.15, -0.1) is 45.3 Å². The van der Waals surface area contributed by atoms with Crippen molar-refractivity contribution in [1.82, 2.24) is 9.47 Å². The number of hydrogen-bond acceptors (Lipinski definition) is 11. The van der Waals surface area contributed by atoms with Crippen molar-refractivity contribution < 1.29 is 14.3 Å². The third kappa shape index (κ3) is 11.7. The van der Waals surface area contributed by atoms with Crippen LogP contribution in [0.15, 0.2) is 65.5 Å². The van der Waals surface area contributed by atoms with Crippen molar-refractivity contribution in [2.45, 2.75) is 151 Å². The number of thioether (sulfide) groups is 1. The van der Waals surface area contributed by atoms with E-state index in [0.29, 0.717) is 31.4 Å². The normalized spacial score (nSPS) is 14.7. The molecule has 2 aromatic carbocycles. The van der Waals surface area contributed by atoms with Crippen LogP contribution in [0.2, 0.25) is 0 Å². The Labute approximate surface area is 440 Å². The van der Waals surface area contributed by atoms with Crippen LogP contribution in [0.3, 0.4) is 0 Å². The molecule has 0 bridgehead atoms. The van der Waals surface area contributed by atoms with E-state index in [-0.39, 0.29) is 18.2 Å². The van der Waals surface area contributed by atoms with Crippen molar-refractivity contribution in [1.29, 1.82) is 0 Å². The Morgan fingerprint density at radius 2 is 1.21 bits per heavy atom. The number of ether oxygens (including phenoxy) is 1. The number of carbonyl (C=O) groups excluding carboxylic acids is 2. The van der Waals surface area contributed by atoms with Crippen LogP contribution in [-0.2, 0) is 53.2 Å². The molecule has 0 spiro atoms. The number of carbonyl (C=O) groups is 2. The topological polar surface area (TPSA) is 71.8 Å². The minimum absolute atomic E-state index is 0.227. The van der Waals surface area contributed by atoms with Crippen molar-refractivity contribution >= 4 is 108 Å². The maximum atomic E-state index is 14.2. The van der Waals surface area contributed by atoms with Gasteiger partial charge in [-0.1, -0.05) is 127 Å². The summed E-state index contributed by atoms with van der Waals surface area (Å²) >= 11 is 13.7. The quantitative estimate of drug-likeness (QED) is 0.0340. The van der Waals surface area contributed by atoms with Gasteiger partial charge >= 0.3 is 0 Å². The van der Waals surface area contributed by atoms with E-state index in [2.05, 4.69) is 93.3 Å². The molecule has 13 heteroatoms. The Morgan fingerprint density at radius 3 is 1.86 bits per heavy atom. The van der Waals surface area contributed by atoms with Gasteiger partial charge in [-0.3, -0.25) is 23.9 Å². The summed E-state index contributed by atoms with van der Waals surface area (Å²) < 4.78 is 7.98. The number of anilines is 2. The summed E-state index contributed by atoms with van der Waals surface area (Å²) in [6, 6.07) is 23.5. The molecule has 8 rings (SSSR count). The Bertz CT molecular complexity index is 2990. The first-order valence-corrected chi connectivity index (χ1v) is 30.1. The molecule has 0 radical (unpaired) electrons. The van der Waals surface area contributed by atoms with E-state index in [1.165, 1.54) is 148 Å². The zero-order chi connectivity index (χ0) is 49.1. The van der Waals surface area contributed by atoms with E-state index in [1.54, 1.807) is 16.2 Å². The van der Waals surface area contributed by atoms with Crippen molar-refractivity contribution in [3.63, 3.8) is 0 Å². The van der Waals surface area contributed by atoms with Crippen molar-refractivity contribution in [2.75, 3.05) is 18.0 Å². The van der Waals surface area contributed by atoms with Crippen LogP contribution in [0.5, 0.6) is 0 Å². The highest BCUT2D eigenvalue weighted by molar-refractivity contribution is 8.30. The summed E-state index contributed by atoms with van der Waals surface area (Å²) in [6.45, 7) is 12.4. The average molecular weight is 1050 g/mol. The lowest BCUT2D eigenvalue weighted by molar-refractivity contribution is -0.132. The molecule has 0 aliphatic carbocycles. The molecule has 6 heterocycles. The van der Waals surface area contributed by atoms with Gasteiger partial charge in [-0.25, -0.2) is 0 Å². The number of thiophene rings is 3. The molecule has 70 heavy (non-hydrogen) atoms. The highest BCUT2D eigenvalue weighted by Crippen LogP contribution is 2.48. The standard InChI is InChI=1S/C57H67N3O4S6/c1-6-11-14-17-23-40-32-48(66-47(40)35-50-54(62)60(36-64-37-61)56(69-50)53-55(63)59(10-5)57(65)70-53)51-43(25-19-16-13-8-3)34-49(68-51)52-42(24-18-15-12-7-2)33-46(67-52)41-29-30-45-39(31-41)28-27-38-22-20-21-26-44(38)58(45)9-4/h20-22,26,29-35,37H,6-19,23-25,27-28,36H2,1-5H3/b50-35+,56-53+. The fourth-order valence-electron chi connectivity index (χ4n) is 9.76. The molecule has 370 valence electrons. The van der Waals surface area contributed by atoms with E-state index >= 15 is 0 Å². The van der Waals surface area contributed by atoms with E-state index < -0.39 is 0 Å². The molecule has 2 aliphatic rings. The molecule has 0 unspecified atom stereocenters. The Hall–Kier alpha value is -4.11. The molecule has 1 saturated heterocycles. The van der Waals surface area contributed by atoms with Gasteiger partial charge in [0.15, 0.2) is 6.73 Å². The zero-order valence-electron chi connectivity index (χ0n) is 41.5. The van der Waals surface area contributed by atoms with Crippen LogP contribution < -0.4 is 19.7 Å². The molecule has 7 nitrogen and oxygen atoms in total. The largest absolute Gasteiger partial charge is 0.446 e. The summed E-state index contributed by atoms with van der Waals surface area (Å²) in [5.41, 5.74) is 10.6. The van der Waals surface area contributed by atoms with Gasteiger partial charge in [0.05, 0.1) is 4.53 Å². The lowest BCUT2D eigenvalue weighted by Gasteiger charge is -2.25. The van der Waals surface area contributed by atoms with E-state index in [0.717, 1.165) is 69.2 Å². The Balaban J connectivity index is 1.22. The molecule has 0 atom stereocenters. The number of aryl methyl sites for hydroxylation is 5. The molecule has 4 aromatic heterocycles. The van der Waals surface area contributed by atoms with E-state index in [4.69, 9.17) is 17.0 Å². The van der Waals surface area contributed by atoms with Crippen LogP contribution in [-0.4, -0.2) is 39.3 Å². The summed E-state index contributed by atoms with van der Waals surface area (Å²) in [5, 5.41) is 0. The molecule has 1 fully saturated rings. The molecular formula is C57H67N3O4S6. The number of nitrogens with zero attached hydrogens (tertiary/aromatic N) is 3. The maximum absolute atomic E-state index is 14.2. The van der Waals surface area contributed by atoms with Crippen LogP contribution in [0.25, 0.3) is 40.9 Å². The highest BCUT2D eigenvalue weighted by atomic mass is 32.2. The van der Waals surface area contributed by atoms with Gasteiger partial charge in [0.2, 0.25) is 0 Å².